The summed E-state index contributed by atoms with van der Waals surface area (Å²) < 4.78 is 37.6. The van der Waals surface area contributed by atoms with E-state index in [0.29, 0.717) is 30.0 Å². The van der Waals surface area contributed by atoms with Crippen LogP contribution in [0.15, 0.2) is 47.4 Å². The molecule has 1 aliphatic rings. The Hall–Kier alpha value is -3.11. The fourth-order valence-corrected chi connectivity index (χ4v) is 5.23. The largest absolute Gasteiger partial charge is 0.497 e. The summed E-state index contributed by atoms with van der Waals surface area (Å²) in [6.07, 6.45) is 0.773. The number of hydrogen-bond acceptors (Lipinski definition) is 6. The van der Waals surface area contributed by atoms with Gasteiger partial charge < -0.3 is 20.1 Å². The normalized spacial score (nSPS) is 15.9. The van der Waals surface area contributed by atoms with E-state index >= 15 is 0 Å². The Kier molecular flexibility index (Phi) is 8.16. The third-order valence-corrected chi connectivity index (χ3v) is 7.81. The van der Waals surface area contributed by atoms with E-state index in [-0.39, 0.29) is 29.8 Å². The van der Waals surface area contributed by atoms with E-state index in [4.69, 9.17) is 9.47 Å². The Morgan fingerprint density at radius 1 is 1.03 bits per heavy atom. The lowest BCUT2D eigenvalue weighted by Gasteiger charge is -2.31. The number of nitrogens with zero attached hydrogens (tertiary/aromatic N) is 1. The molecule has 9 nitrogen and oxygen atoms in total. The zero-order chi connectivity index (χ0) is 24.9. The minimum atomic E-state index is -3.59. The fraction of sp³-hybridized carbons (Fsp3) is 0.417. The zero-order valence-corrected chi connectivity index (χ0v) is 20.6. The number of aryl methyl sites for hydroxylation is 1. The quantitative estimate of drug-likeness (QED) is 0.589. The molecule has 1 atom stereocenters. The van der Waals surface area contributed by atoms with Crippen molar-refractivity contribution in [2.75, 3.05) is 32.6 Å². The average Bonchev–Trinajstić information content (AvgIpc) is 2.84. The van der Waals surface area contributed by atoms with Crippen molar-refractivity contribution in [1.82, 2.24) is 9.62 Å². The van der Waals surface area contributed by atoms with Gasteiger partial charge in [0.15, 0.2) is 0 Å². The predicted molar refractivity (Wildman–Crippen MR) is 128 cm³/mol. The van der Waals surface area contributed by atoms with Crippen molar-refractivity contribution >= 4 is 27.5 Å². The van der Waals surface area contributed by atoms with E-state index < -0.39 is 22.0 Å². The van der Waals surface area contributed by atoms with Crippen LogP contribution >= 0.6 is 0 Å². The Bertz CT molecular complexity index is 1130. The number of rotatable bonds is 8. The first-order chi connectivity index (χ1) is 16.1. The Balaban J connectivity index is 1.54. The number of piperidine rings is 1. The van der Waals surface area contributed by atoms with Crippen molar-refractivity contribution in [1.29, 1.82) is 0 Å². The molecule has 1 heterocycles. The van der Waals surface area contributed by atoms with Crippen LogP contribution in [0.25, 0.3) is 0 Å². The lowest BCUT2D eigenvalue weighted by atomic mass is 9.97. The van der Waals surface area contributed by atoms with E-state index in [2.05, 4.69) is 10.6 Å². The topological polar surface area (TPSA) is 114 Å². The minimum absolute atomic E-state index is 0.248. The molecule has 10 heteroatoms. The van der Waals surface area contributed by atoms with Gasteiger partial charge >= 0.3 is 0 Å². The smallest absolute Gasteiger partial charge is 0.246 e. The molecule has 184 valence electrons. The van der Waals surface area contributed by atoms with Crippen LogP contribution < -0.4 is 20.1 Å². The second kappa shape index (κ2) is 10.9. The van der Waals surface area contributed by atoms with Crippen molar-refractivity contribution < 1.29 is 27.5 Å². The SMILES string of the molecule is COc1ccc(NC(=O)[C@H](C)NC(=O)C2CCN(S(=O)(=O)c3ccc(C)cc3)CC2)c(OC)c1. The summed E-state index contributed by atoms with van der Waals surface area (Å²) in [5.41, 5.74) is 1.45. The molecular weight excluding hydrogens is 458 g/mol. The van der Waals surface area contributed by atoms with Gasteiger partial charge in [0.1, 0.15) is 17.5 Å². The average molecular weight is 490 g/mol. The zero-order valence-electron chi connectivity index (χ0n) is 19.8. The number of carbonyl (C=O) groups excluding carboxylic acids is 2. The number of methoxy groups -OCH3 is 2. The van der Waals surface area contributed by atoms with Gasteiger partial charge in [0.05, 0.1) is 24.8 Å². The summed E-state index contributed by atoms with van der Waals surface area (Å²) in [4.78, 5) is 25.6. The molecule has 0 bridgehead atoms. The summed E-state index contributed by atoms with van der Waals surface area (Å²) in [6.45, 7) is 3.99. The molecule has 2 aromatic rings. The van der Waals surface area contributed by atoms with Gasteiger partial charge in [0.2, 0.25) is 21.8 Å². The number of sulfonamides is 1. The maximum atomic E-state index is 12.9. The Morgan fingerprint density at radius 2 is 1.68 bits per heavy atom. The van der Waals surface area contributed by atoms with E-state index in [1.165, 1.54) is 18.5 Å². The molecule has 3 rings (SSSR count). The van der Waals surface area contributed by atoms with Crippen LogP contribution in [0.5, 0.6) is 11.5 Å². The minimum Gasteiger partial charge on any atom is -0.497 e. The molecule has 0 unspecified atom stereocenters. The number of carbonyl (C=O) groups is 2. The molecule has 1 aliphatic heterocycles. The maximum Gasteiger partial charge on any atom is 0.246 e. The highest BCUT2D eigenvalue weighted by molar-refractivity contribution is 7.89. The number of anilines is 1. The number of ether oxygens (including phenoxy) is 2. The molecule has 0 spiro atoms. The van der Waals surface area contributed by atoms with Gasteiger partial charge in [-0.05, 0) is 51.0 Å². The van der Waals surface area contributed by atoms with Crippen LogP contribution in [0.4, 0.5) is 5.69 Å². The standard InChI is InChI=1S/C24H31N3O6S/c1-16-5-8-20(9-6-16)34(30,31)27-13-11-18(12-14-27)24(29)25-17(2)23(28)26-21-10-7-19(32-3)15-22(21)33-4/h5-10,15,17-18H,11-14H2,1-4H3,(H,25,29)(H,26,28)/t17-/m0/s1. The summed E-state index contributed by atoms with van der Waals surface area (Å²) in [5, 5.41) is 5.48. The van der Waals surface area contributed by atoms with E-state index in [9.17, 15) is 18.0 Å². The van der Waals surface area contributed by atoms with Gasteiger partial charge in [-0.15, -0.1) is 0 Å². The monoisotopic (exact) mass is 489 g/mol. The maximum absolute atomic E-state index is 12.9. The predicted octanol–water partition coefficient (Wildman–Crippen LogP) is 2.56. The van der Waals surface area contributed by atoms with Gasteiger partial charge in [0, 0.05) is 25.1 Å². The lowest BCUT2D eigenvalue weighted by molar-refractivity contribution is -0.129. The van der Waals surface area contributed by atoms with Crippen LogP contribution in [0.2, 0.25) is 0 Å². The van der Waals surface area contributed by atoms with Gasteiger partial charge in [0.25, 0.3) is 0 Å². The highest BCUT2D eigenvalue weighted by Crippen LogP contribution is 2.29. The van der Waals surface area contributed by atoms with Crippen LogP contribution in [0.1, 0.15) is 25.3 Å². The van der Waals surface area contributed by atoms with Crippen molar-refractivity contribution in [3.8, 4) is 11.5 Å². The number of amides is 2. The molecule has 1 saturated heterocycles. The van der Waals surface area contributed by atoms with Gasteiger partial charge in [-0.3, -0.25) is 9.59 Å². The second-order valence-electron chi connectivity index (χ2n) is 8.28. The lowest BCUT2D eigenvalue weighted by Crippen LogP contribution is -2.47. The molecule has 2 N–H and O–H groups in total. The highest BCUT2D eigenvalue weighted by atomic mass is 32.2. The molecule has 0 aromatic heterocycles. The molecule has 2 amide bonds. The van der Waals surface area contributed by atoms with E-state index in [1.54, 1.807) is 49.4 Å². The van der Waals surface area contributed by atoms with Crippen LogP contribution in [-0.4, -0.2) is 57.9 Å². The summed E-state index contributed by atoms with van der Waals surface area (Å²) in [5.74, 6) is 0.00323. The fourth-order valence-electron chi connectivity index (χ4n) is 3.76. The first-order valence-electron chi connectivity index (χ1n) is 11.1. The Morgan fingerprint density at radius 3 is 2.26 bits per heavy atom. The summed E-state index contributed by atoms with van der Waals surface area (Å²) in [7, 11) is -0.572. The third-order valence-electron chi connectivity index (χ3n) is 5.90. The van der Waals surface area contributed by atoms with Gasteiger partial charge in [-0.1, -0.05) is 17.7 Å². The van der Waals surface area contributed by atoms with Crippen molar-refractivity contribution in [3.63, 3.8) is 0 Å². The first kappa shape index (κ1) is 25.5. The molecule has 1 fully saturated rings. The molecule has 0 aliphatic carbocycles. The van der Waals surface area contributed by atoms with Crippen LogP contribution in [-0.2, 0) is 19.6 Å². The summed E-state index contributed by atoms with van der Waals surface area (Å²) >= 11 is 0. The number of nitrogens with one attached hydrogen (secondary N) is 2. The van der Waals surface area contributed by atoms with Crippen molar-refractivity contribution in [2.45, 2.75) is 37.6 Å². The number of hydrogen-bond donors (Lipinski definition) is 2. The van der Waals surface area contributed by atoms with Crippen LogP contribution in [0.3, 0.4) is 0 Å². The van der Waals surface area contributed by atoms with Crippen molar-refractivity contribution in [3.05, 3.63) is 48.0 Å². The second-order valence-corrected chi connectivity index (χ2v) is 10.2. The molecule has 0 radical (unpaired) electrons. The van der Waals surface area contributed by atoms with Gasteiger partial charge in [-0.2, -0.15) is 4.31 Å². The van der Waals surface area contributed by atoms with E-state index in [0.717, 1.165) is 5.56 Å². The third kappa shape index (κ3) is 5.87. The first-order valence-corrected chi connectivity index (χ1v) is 12.5. The molecule has 0 saturated carbocycles. The highest BCUT2D eigenvalue weighted by Gasteiger charge is 2.33. The van der Waals surface area contributed by atoms with Gasteiger partial charge in [-0.25, -0.2) is 8.42 Å². The molecule has 2 aromatic carbocycles. The van der Waals surface area contributed by atoms with Crippen molar-refractivity contribution in [2.24, 2.45) is 5.92 Å². The Labute approximate surface area is 200 Å². The summed E-state index contributed by atoms with van der Waals surface area (Å²) in [6, 6.07) is 10.9. The van der Waals surface area contributed by atoms with Crippen LogP contribution in [0, 0.1) is 12.8 Å². The molecule has 34 heavy (non-hydrogen) atoms. The van der Waals surface area contributed by atoms with E-state index in [1.807, 2.05) is 6.92 Å². The number of benzene rings is 2. The molecular formula is C24H31N3O6S.